The van der Waals surface area contributed by atoms with Crippen LogP contribution in [-0.4, -0.2) is 34.6 Å². The van der Waals surface area contributed by atoms with Gasteiger partial charge in [0.1, 0.15) is 5.92 Å². The van der Waals surface area contributed by atoms with Gasteiger partial charge in [0.15, 0.2) is 5.13 Å². The topological polar surface area (TPSA) is 62.2 Å². The molecule has 4 nitrogen and oxygen atoms in total. The van der Waals surface area contributed by atoms with Crippen molar-refractivity contribution in [2.24, 2.45) is 5.92 Å². The highest BCUT2D eigenvalue weighted by Crippen LogP contribution is 2.36. The van der Waals surface area contributed by atoms with Crippen LogP contribution in [0.4, 0.5) is 5.13 Å². The number of hydrogen-bond acceptors (Lipinski definition) is 5. The monoisotopic (exact) mass is 300 g/mol. The zero-order valence-electron chi connectivity index (χ0n) is 11.3. The van der Waals surface area contributed by atoms with Gasteiger partial charge in [-0.15, -0.1) is 11.3 Å². The molecule has 0 spiro atoms. The van der Waals surface area contributed by atoms with Crippen LogP contribution in [0.5, 0.6) is 0 Å². The van der Waals surface area contributed by atoms with Gasteiger partial charge in [-0.25, -0.2) is 4.98 Å². The van der Waals surface area contributed by atoms with E-state index in [1.165, 1.54) is 0 Å². The number of aryl methyl sites for hydroxylation is 1. The Morgan fingerprint density at radius 2 is 2.47 bits per heavy atom. The van der Waals surface area contributed by atoms with Gasteiger partial charge >= 0.3 is 5.97 Å². The van der Waals surface area contributed by atoms with E-state index in [4.69, 9.17) is 0 Å². The minimum atomic E-state index is -0.742. The summed E-state index contributed by atoms with van der Waals surface area (Å²) in [7, 11) is 0. The standard InChI is InChI=1S/C13H20N2O2S2/c1-8(7-18-2)6-14-13-15-11-9(12(16)17)4-3-5-10(11)19-13/h8-9H,3-7H2,1-2H3,(H,14,15)(H,16,17). The maximum absolute atomic E-state index is 11.2. The summed E-state index contributed by atoms with van der Waals surface area (Å²) in [6, 6.07) is 0. The number of rotatable bonds is 6. The van der Waals surface area contributed by atoms with E-state index in [1.54, 1.807) is 11.3 Å². The molecule has 0 aromatic carbocycles. The van der Waals surface area contributed by atoms with Crippen molar-refractivity contribution < 1.29 is 9.90 Å². The van der Waals surface area contributed by atoms with Gasteiger partial charge in [-0.2, -0.15) is 11.8 Å². The molecule has 2 atom stereocenters. The van der Waals surface area contributed by atoms with Crippen LogP contribution in [0.3, 0.4) is 0 Å². The molecule has 1 aliphatic carbocycles. The highest BCUT2D eigenvalue weighted by molar-refractivity contribution is 7.98. The summed E-state index contributed by atoms with van der Waals surface area (Å²) in [5, 5.41) is 13.5. The van der Waals surface area contributed by atoms with E-state index in [1.807, 2.05) is 11.8 Å². The highest BCUT2D eigenvalue weighted by Gasteiger charge is 2.29. The van der Waals surface area contributed by atoms with Crippen molar-refractivity contribution in [3.8, 4) is 0 Å². The second-order valence-electron chi connectivity index (χ2n) is 5.05. The first-order chi connectivity index (χ1) is 9.11. The molecule has 0 amide bonds. The highest BCUT2D eigenvalue weighted by atomic mass is 32.2. The predicted octanol–water partition coefficient (Wildman–Crippen LogP) is 3.06. The average molecular weight is 300 g/mol. The summed E-state index contributed by atoms with van der Waals surface area (Å²) >= 11 is 3.47. The van der Waals surface area contributed by atoms with Crippen LogP contribution in [0.15, 0.2) is 0 Å². The van der Waals surface area contributed by atoms with Crippen molar-refractivity contribution in [1.29, 1.82) is 0 Å². The van der Waals surface area contributed by atoms with E-state index in [9.17, 15) is 9.90 Å². The van der Waals surface area contributed by atoms with E-state index in [0.29, 0.717) is 12.3 Å². The minimum Gasteiger partial charge on any atom is -0.481 e. The molecule has 2 unspecified atom stereocenters. The minimum absolute atomic E-state index is 0.404. The maximum Gasteiger partial charge on any atom is 0.312 e. The molecule has 0 saturated heterocycles. The van der Waals surface area contributed by atoms with Crippen molar-refractivity contribution in [2.45, 2.75) is 32.1 Å². The second kappa shape index (κ2) is 6.61. The zero-order chi connectivity index (χ0) is 13.8. The number of carbonyl (C=O) groups is 1. The molecule has 0 fully saturated rings. The number of aliphatic carboxylic acids is 1. The summed E-state index contributed by atoms with van der Waals surface area (Å²) < 4.78 is 0. The van der Waals surface area contributed by atoms with Crippen molar-refractivity contribution in [1.82, 2.24) is 4.98 Å². The van der Waals surface area contributed by atoms with E-state index in [2.05, 4.69) is 23.5 Å². The number of nitrogens with one attached hydrogen (secondary N) is 1. The van der Waals surface area contributed by atoms with E-state index >= 15 is 0 Å². The molecular weight excluding hydrogens is 280 g/mol. The third-order valence-corrected chi connectivity index (χ3v) is 5.30. The van der Waals surface area contributed by atoms with Gasteiger partial charge in [-0.05, 0) is 37.2 Å². The van der Waals surface area contributed by atoms with Gasteiger partial charge < -0.3 is 10.4 Å². The summed E-state index contributed by atoms with van der Waals surface area (Å²) in [6.07, 6.45) is 4.75. The number of aromatic nitrogens is 1. The smallest absolute Gasteiger partial charge is 0.312 e. The van der Waals surface area contributed by atoms with Crippen LogP contribution in [0, 0.1) is 5.92 Å². The second-order valence-corrected chi connectivity index (χ2v) is 7.05. The number of fused-ring (bicyclic) bond motifs is 1. The Kier molecular flexibility index (Phi) is 5.10. The van der Waals surface area contributed by atoms with Gasteiger partial charge in [0.25, 0.3) is 0 Å². The first kappa shape index (κ1) is 14.7. The van der Waals surface area contributed by atoms with Gasteiger partial charge in [-0.1, -0.05) is 6.92 Å². The Labute approximate surface area is 122 Å². The van der Waals surface area contributed by atoms with Crippen LogP contribution in [0.1, 0.15) is 36.3 Å². The molecule has 2 N–H and O–H groups in total. The Hall–Kier alpha value is -0.750. The molecular formula is C13H20N2O2S2. The van der Waals surface area contributed by atoms with Gasteiger partial charge in [0.2, 0.25) is 0 Å². The molecule has 19 heavy (non-hydrogen) atoms. The van der Waals surface area contributed by atoms with Crippen molar-refractivity contribution >= 4 is 34.2 Å². The van der Waals surface area contributed by atoms with Crippen LogP contribution in [-0.2, 0) is 11.2 Å². The molecule has 0 saturated carbocycles. The summed E-state index contributed by atoms with van der Waals surface area (Å²) in [6.45, 7) is 3.10. The zero-order valence-corrected chi connectivity index (χ0v) is 12.9. The van der Waals surface area contributed by atoms with Crippen molar-refractivity contribution in [3.63, 3.8) is 0 Å². The lowest BCUT2D eigenvalue weighted by Crippen LogP contribution is -2.17. The molecule has 1 aromatic rings. The fourth-order valence-corrected chi connectivity index (χ4v) is 4.10. The van der Waals surface area contributed by atoms with Crippen LogP contribution < -0.4 is 5.32 Å². The largest absolute Gasteiger partial charge is 0.481 e. The van der Waals surface area contributed by atoms with E-state index in [-0.39, 0.29) is 0 Å². The summed E-state index contributed by atoms with van der Waals surface area (Å²) in [4.78, 5) is 16.9. The Morgan fingerprint density at radius 1 is 1.68 bits per heavy atom. The molecule has 6 heteroatoms. The quantitative estimate of drug-likeness (QED) is 0.845. The third kappa shape index (κ3) is 3.63. The van der Waals surface area contributed by atoms with Gasteiger partial charge in [0.05, 0.1) is 5.69 Å². The Morgan fingerprint density at radius 3 is 3.16 bits per heavy atom. The molecule has 0 aliphatic heterocycles. The SMILES string of the molecule is CSCC(C)CNc1nc2c(s1)CCCC2C(=O)O. The third-order valence-electron chi connectivity index (χ3n) is 3.31. The number of hydrogen-bond donors (Lipinski definition) is 2. The number of nitrogens with zero attached hydrogens (tertiary/aromatic N) is 1. The van der Waals surface area contributed by atoms with Gasteiger partial charge in [-0.3, -0.25) is 4.79 Å². The lowest BCUT2D eigenvalue weighted by atomic mass is 9.91. The molecule has 1 heterocycles. The fraction of sp³-hybridized carbons (Fsp3) is 0.692. The van der Waals surface area contributed by atoms with Crippen molar-refractivity contribution in [2.75, 3.05) is 23.9 Å². The molecule has 2 rings (SSSR count). The lowest BCUT2D eigenvalue weighted by molar-refractivity contribution is -0.139. The van der Waals surface area contributed by atoms with Crippen LogP contribution in [0.25, 0.3) is 0 Å². The number of carboxylic acid groups (broad SMARTS) is 1. The summed E-state index contributed by atoms with van der Waals surface area (Å²) in [5.74, 6) is 0.564. The molecule has 1 aromatic heterocycles. The summed E-state index contributed by atoms with van der Waals surface area (Å²) in [5.41, 5.74) is 0.795. The number of carboxylic acids is 1. The van der Waals surface area contributed by atoms with E-state index in [0.717, 1.165) is 40.8 Å². The fourth-order valence-electron chi connectivity index (χ4n) is 2.34. The molecule has 106 valence electrons. The number of anilines is 1. The lowest BCUT2D eigenvalue weighted by Gasteiger charge is -2.16. The first-order valence-corrected chi connectivity index (χ1v) is 8.78. The molecule has 0 radical (unpaired) electrons. The first-order valence-electron chi connectivity index (χ1n) is 6.57. The van der Waals surface area contributed by atoms with Crippen molar-refractivity contribution in [3.05, 3.63) is 10.6 Å². The number of thioether (sulfide) groups is 1. The number of thiazole rings is 1. The van der Waals surface area contributed by atoms with Crippen LogP contribution in [0.2, 0.25) is 0 Å². The Balaban J connectivity index is 2.03. The predicted molar refractivity (Wildman–Crippen MR) is 81.5 cm³/mol. The Bertz CT molecular complexity index is 448. The maximum atomic E-state index is 11.2. The normalized spacial score (nSPS) is 19.8. The average Bonchev–Trinajstić information content (AvgIpc) is 2.79. The molecule has 1 aliphatic rings. The van der Waals surface area contributed by atoms with Gasteiger partial charge in [0, 0.05) is 11.4 Å². The van der Waals surface area contributed by atoms with E-state index < -0.39 is 11.9 Å². The molecule has 0 bridgehead atoms. The van der Waals surface area contributed by atoms with Crippen LogP contribution >= 0.6 is 23.1 Å².